The van der Waals surface area contributed by atoms with Gasteiger partial charge in [-0.3, -0.25) is 0 Å². The number of nitrogens with one attached hydrogen (secondary N) is 1. The molecule has 3 N–H and O–H groups in total. The minimum absolute atomic E-state index is 0.0295. The lowest BCUT2D eigenvalue weighted by atomic mass is 10.1. The normalized spacial score (nSPS) is 10.5. The number of carbonyl (C=O) groups is 2. The molecule has 1 aromatic rings. The number of amides is 2. The lowest BCUT2D eigenvalue weighted by Gasteiger charge is -2.26. The first kappa shape index (κ1) is 17.0. The summed E-state index contributed by atoms with van der Waals surface area (Å²) in [5.74, 6) is -0.991. The molecule has 1 aromatic carbocycles. The van der Waals surface area contributed by atoms with Crippen LogP contribution in [0.5, 0.6) is 0 Å². The Hall–Kier alpha value is -2.08. The molecule has 0 unspecified atom stereocenters. The van der Waals surface area contributed by atoms with Crippen molar-refractivity contribution < 1.29 is 19.8 Å². The Bertz CT molecular complexity index is 488. The molecule has 116 valence electrons. The van der Waals surface area contributed by atoms with Crippen molar-refractivity contribution in [2.45, 2.75) is 32.9 Å². The van der Waals surface area contributed by atoms with Crippen LogP contribution in [0, 0.1) is 0 Å². The number of aliphatic hydroxyl groups is 1. The van der Waals surface area contributed by atoms with Gasteiger partial charge in [-0.25, -0.2) is 9.59 Å². The molecular weight excluding hydrogens is 272 g/mol. The minimum atomic E-state index is -0.991. The number of hydrogen-bond donors (Lipinski definition) is 3. The van der Waals surface area contributed by atoms with Crippen LogP contribution in [0.1, 0.15) is 36.2 Å². The number of aliphatic hydroxyl groups excluding tert-OH is 1. The maximum atomic E-state index is 12.1. The van der Waals surface area contributed by atoms with Crippen molar-refractivity contribution in [2.75, 3.05) is 13.2 Å². The second kappa shape index (κ2) is 8.26. The lowest BCUT2D eigenvalue weighted by molar-refractivity contribution is 0.0696. The highest BCUT2D eigenvalue weighted by atomic mass is 16.4. The third-order valence-electron chi connectivity index (χ3n) is 3.06. The van der Waals surface area contributed by atoms with E-state index >= 15 is 0 Å². The summed E-state index contributed by atoms with van der Waals surface area (Å²) in [4.78, 5) is 24.6. The number of aromatic carboxylic acids is 1. The number of urea groups is 1. The van der Waals surface area contributed by atoms with E-state index in [4.69, 9.17) is 10.2 Å². The maximum absolute atomic E-state index is 12.1. The van der Waals surface area contributed by atoms with Crippen LogP contribution in [-0.4, -0.2) is 46.3 Å². The van der Waals surface area contributed by atoms with Crippen LogP contribution in [0.2, 0.25) is 0 Å². The van der Waals surface area contributed by atoms with Gasteiger partial charge in [-0.2, -0.15) is 0 Å². The molecule has 0 atom stereocenters. The van der Waals surface area contributed by atoms with Crippen LogP contribution in [0.4, 0.5) is 4.79 Å². The molecule has 0 spiro atoms. The number of hydrogen-bond acceptors (Lipinski definition) is 3. The fraction of sp³-hybridized carbons (Fsp3) is 0.467. The first-order chi connectivity index (χ1) is 9.95. The van der Waals surface area contributed by atoms with E-state index in [1.165, 1.54) is 12.1 Å². The second-order valence-corrected chi connectivity index (χ2v) is 5.03. The van der Waals surface area contributed by atoms with Gasteiger partial charge >= 0.3 is 12.0 Å². The van der Waals surface area contributed by atoms with Gasteiger partial charge in [-0.1, -0.05) is 12.1 Å². The molecule has 0 aliphatic carbocycles. The Morgan fingerprint density at radius 1 is 1.33 bits per heavy atom. The summed E-state index contributed by atoms with van der Waals surface area (Å²) < 4.78 is 0. The van der Waals surface area contributed by atoms with Gasteiger partial charge in [0.15, 0.2) is 0 Å². The molecule has 0 aromatic heterocycles. The molecule has 0 aliphatic heterocycles. The first-order valence-corrected chi connectivity index (χ1v) is 6.93. The molecule has 1 rings (SSSR count). The minimum Gasteiger partial charge on any atom is -0.478 e. The highest BCUT2D eigenvalue weighted by Gasteiger charge is 2.16. The van der Waals surface area contributed by atoms with Gasteiger partial charge in [0, 0.05) is 25.7 Å². The standard InChI is InChI=1S/C15H22N2O4/c1-11(2)17(7-4-8-18)15(21)16-10-12-5-3-6-13(9-12)14(19)20/h3,5-6,9,11,18H,4,7-8,10H2,1-2H3,(H,16,21)(H,19,20). The van der Waals surface area contributed by atoms with E-state index in [0.717, 1.165) is 5.56 Å². The molecule has 6 nitrogen and oxygen atoms in total. The van der Waals surface area contributed by atoms with Crippen LogP contribution < -0.4 is 5.32 Å². The van der Waals surface area contributed by atoms with E-state index in [2.05, 4.69) is 5.32 Å². The van der Waals surface area contributed by atoms with Gasteiger partial charge in [-0.05, 0) is 38.0 Å². The summed E-state index contributed by atoms with van der Waals surface area (Å²) in [6.45, 7) is 4.60. The first-order valence-electron chi connectivity index (χ1n) is 6.93. The number of carboxylic acid groups (broad SMARTS) is 1. The number of nitrogens with zero attached hydrogens (tertiary/aromatic N) is 1. The van der Waals surface area contributed by atoms with E-state index in [9.17, 15) is 9.59 Å². The number of carboxylic acids is 1. The van der Waals surface area contributed by atoms with E-state index in [-0.39, 0.29) is 30.8 Å². The molecule has 0 fully saturated rings. The molecule has 0 heterocycles. The largest absolute Gasteiger partial charge is 0.478 e. The molecule has 0 saturated heterocycles. The summed E-state index contributed by atoms with van der Waals surface area (Å²) in [7, 11) is 0. The van der Waals surface area contributed by atoms with Gasteiger partial charge < -0.3 is 20.4 Å². The van der Waals surface area contributed by atoms with Gasteiger partial charge in [0.1, 0.15) is 0 Å². The third kappa shape index (κ3) is 5.43. The van der Waals surface area contributed by atoms with E-state index in [1.54, 1.807) is 17.0 Å². The SMILES string of the molecule is CC(C)N(CCCO)C(=O)NCc1cccc(C(=O)O)c1. The van der Waals surface area contributed by atoms with Crippen LogP contribution >= 0.6 is 0 Å². The molecular formula is C15H22N2O4. The molecule has 0 aliphatic rings. The average Bonchev–Trinajstić information content (AvgIpc) is 2.45. The van der Waals surface area contributed by atoms with Gasteiger partial charge in [0.05, 0.1) is 5.56 Å². The highest BCUT2D eigenvalue weighted by molar-refractivity contribution is 5.87. The molecule has 0 saturated carbocycles. The van der Waals surface area contributed by atoms with Gasteiger partial charge in [-0.15, -0.1) is 0 Å². The predicted molar refractivity (Wildman–Crippen MR) is 79.2 cm³/mol. The van der Waals surface area contributed by atoms with Crippen LogP contribution in [0.25, 0.3) is 0 Å². The molecule has 21 heavy (non-hydrogen) atoms. The van der Waals surface area contributed by atoms with Crippen molar-refractivity contribution in [3.05, 3.63) is 35.4 Å². The Morgan fingerprint density at radius 3 is 2.62 bits per heavy atom. The summed E-state index contributed by atoms with van der Waals surface area (Å²) in [5.41, 5.74) is 0.928. The summed E-state index contributed by atoms with van der Waals surface area (Å²) in [5, 5.41) is 20.5. The van der Waals surface area contributed by atoms with Crippen molar-refractivity contribution in [3.8, 4) is 0 Å². The van der Waals surface area contributed by atoms with E-state index < -0.39 is 5.97 Å². The number of carbonyl (C=O) groups excluding carboxylic acids is 1. The predicted octanol–water partition coefficient (Wildman–Crippen LogP) is 1.69. The van der Waals surface area contributed by atoms with E-state index in [1.807, 2.05) is 13.8 Å². The van der Waals surface area contributed by atoms with Gasteiger partial charge in [0.2, 0.25) is 0 Å². The topological polar surface area (TPSA) is 89.9 Å². The average molecular weight is 294 g/mol. The molecule has 0 radical (unpaired) electrons. The lowest BCUT2D eigenvalue weighted by Crippen LogP contribution is -2.44. The second-order valence-electron chi connectivity index (χ2n) is 5.03. The summed E-state index contributed by atoms with van der Waals surface area (Å²) in [6.07, 6.45) is 0.528. The van der Waals surface area contributed by atoms with Crippen molar-refractivity contribution in [2.24, 2.45) is 0 Å². The number of benzene rings is 1. The van der Waals surface area contributed by atoms with Crippen molar-refractivity contribution in [1.82, 2.24) is 10.2 Å². The molecule has 2 amide bonds. The van der Waals surface area contributed by atoms with Crippen LogP contribution in [0.3, 0.4) is 0 Å². The Morgan fingerprint density at radius 2 is 2.05 bits per heavy atom. The Kier molecular flexibility index (Phi) is 6.68. The van der Waals surface area contributed by atoms with Crippen LogP contribution in [-0.2, 0) is 6.54 Å². The third-order valence-corrected chi connectivity index (χ3v) is 3.06. The Labute approximate surface area is 124 Å². The smallest absolute Gasteiger partial charge is 0.335 e. The van der Waals surface area contributed by atoms with Crippen LogP contribution in [0.15, 0.2) is 24.3 Å². The summed E-state index contributed by atoms with van der Waals surface area (Å²) in [6, 6.07) is 6.27. The molecule has 6 heteroatoms. The maximum Gasteiger partial charge on any atom is 0.335 e. The summed E-state index contributed by atoms with van der Waals surface area (Å²) >= 11 is 0. The monoisotopic (exact) mass is 294 g/mol. The molecule has 0 bridgehead atoms. The highest BCUT2D eigenvalue weighted by Crippen LogP contribution is 2.06. The van der Waals surface area contributed by atoms with Crippen molar-refractivity contribution in [3.63, 3.8) is 0 Å². The fourth-order valence-electron chi connectivity index (χ4n) is 1.93. The quantitative estimate of drug-likeness (QED) is 0.714. The van der Waals surface area contributed by atoms with E-state index in [0.29, 0.717) is 13.0 Å². The van der Waals surface area contributed by atoms with Gasteiger partial charge in [0.25, 0.3) is 0 Å². The van der Waals surface area contributed by atoms with Crippen molar-refractivity contribution in [1.29, 1.82) is 0 Å². The zero-order valence-electron chi connectivity index (χ0n) is 12.4. The Balaban J connectivity index is 2.62. The fourth-order valence-corrected chi connectivity index (χ4v) is 1.93. The van der Waals surface area contributed by atoms with Crippen molar-refractivity contribution >= 4 is 12.0 Å². The zero-order chi connectivity index (χ0) is 15.8. The number of rotatable bonds is 7. The zero-order valence-corrected chi connectivity index (χ0v) is 12.4.